The highest BCUT2D eigenvalue weighted by atomic mass is 16.3. The highest BCUT2D eigenvalue weighted by molar-refractivity contribution is 5.42. The summed E-state index contributed by atoms with van der Waals surface area (Å²) in [5, 5.41) is 15.0. The molecule has 0 spiro atoms. The molecular weight excluding hydrogens is 164 g/mol. The van der Waals surface area contributed by atoms with E-state index in [9.17, 15) is 0 Å². The summed E-state index contributed by atoms with van der Waals surface area (Å²) in [6, 6.07) is 9.98. The monoisotopic (exact) mass is 180 g/mol. The van der Waals surface area contributed by atoms with Crippen molar-refractivity contribution in [2.45, 2.75) is 13.1 Å². The molecule has 0 saturated heterocycles. The van der Waals surface area contributed by atoms with E-state index in [2.05, 4.69) is 10.6 Å². The van der Waals surface area contributed by atoms with Gasteiger partial charge >= 0.3 is 0 Å². The maximum absolute atomic E-state index is 8.59. The minimum Gasteiger partial charge on any atom is -0.395 e. The van der Waals surface area contributed by atoms with E-state index in [4.69, 9.17) is 5.11 Å². The van der Waals surface area contributed by atoms with Gasteiger partial charge in [-0.3, -0.25) is 5.32 Å². The van der Waals surface area contributed by atoms with Crippen molar-refractivity contribution >= 4 is 5.69 Å². The molecule has 1 atom stereocenters. The summed E-state index contributed by atoms with van der Waals surface area (Å²) in [6.07, 6.45) is 0.176. The Balaban J connectivity index is 2.32. The lowest BCUT2D eigenvalue weighted by Gasteiger charge is -2.15. The Hall–Kier alpha value is -1.06. The molecular formula is C10H16N2O. The number of nitrogens with one attached hydrogen (secondary N) is 2. The summed E-state index contributed by atoms with van der Waals surface area (Å²) in [5.74, 6) is 0. The number of benzene rings is 1. The van der Waals surface area contributed by atoms with Crippen LogP contribution in [0.15, 0.2) is 30.3 Å². The van der Waals surface area contributed by atoms with Crippen molar-refractivity contribution in [3.63, 3.8) is 0 Å². The maximum Gasteiger partial charge on any atom is 0.0740 e. The molecule has 0 saturated carbocycles. The molecule has 0 aliphatic rings. The van der Waals surface area contributed by atoms with Crippen LogP contribution >= 0.6 is 0 Å². The van der Waals surface area contributed by atoms with Gasteiger partial charge < -0.3 is 10.4 Å². The molecule has 1 aromatic carbocycles. The molecule has 13 heavy (non-hydrogen) atoms. The smallest absolute Gasteiger partial charge is 0.0740 e. The van der Waals surface area contributed by atoms with Gasteiger partial charge in [0.1, 0.15) is 0 Å². The molecule has 0 fully saturated rings. The molecule has 1 rings (SSSR count). The number of aliphatic hydroxyl groups is 1. The van der Waals surface area contributed by atoms with E-state index in [1.807, 2.05) is 37.3 Å². The van der Waals surface area contributed by atoms with Crippen molar-refractivity contribution < 1.29 is 5.11 Å². The average Bonchev–Trinajstić information content (AvgIpc) is 2.16. The highest BCUT2D eigenvalue weighted by Crippen LogP contribution is 2.05. The van der Waals surface area contributed by atoms with Crippen molar-refractivity contribution in [1.29, 1.82) is 0 Å². The SMILES string of the molecule is CC(NCCO)Nc1ccccc1. The maximum atomic E-state index is 8.59. The van der Waals surface area contributed by atoms with E-state index in [1.54, 1.807) is 0 Å². The zero-order valence-corrected chi connectivity index (χ0v) is 7.83. The summed E-state index contributed by atoms with van der Waals surface area (Å²) < 4.78 is 0. The fraction of sp³-hybridized carbons (Fsp3) is 0.400. The summed E-state index contributed by atoms with van der Waals surface area (Å²) in [6.45, 7) is 2.80. The fourth-order valence-corrected chi connectivity index (χ4v) is 1.12. The minimum atomic E-state index is 0.167. The second kappa shape index (κ2) is 5.56. The third kappa shape index (κ3) is 3.92. The van der Waals surface area contributed by atoms with Crippen LogP contribution in [-0.2, 0) is 0 Å². The number of hydrogen-bond acceptors (Lipinski definition) is 3. The van der Waals surface area contributed by atoms with E-state index >= 15 is 0 Å². The molecule has 3 nitrogen and oxygen atoms in total. The first-order valence-electron chi connectivity index (χ1n) is 4.49. The predicted octanol–water partition coefficient (Wildman–Crippen LogP) is 1.03. The zero-order valence-electron chi connectivity index (χ0n) is 7.83. The Morgan fingerprint density at radius 1 is 1.31 bits per heavy atom. The van der Waals surface area contributed by atoms with Crippen LogP contribution in [0.25, 0.3) is 0 Å². The van der Waals surface area contributed by atoms with Crippen LogP contribution in [-0.4, -0.2) is 24.4 Å². The molecule has 3 heteroatoms. The Labute approximate surface area is 78.8 Å². The van der Waals surface area contributed by atoms with Gasteiger partial charge in [-0.15, -0.1) is 0 Å². The topological polar surface area (TPSA) is 44.3 Å². The Morgan fingerprint density at radius 3 is 2.62 bits per heavy atom. The van der Waals surface area contributed by atoms with Crippen LogP contribution in [0.3, 0.4) is 0 Å². The molecule has 3 N–H and O–H groups in total. The van der Waals surface area contributed by atoms with E-state index in [-0.39, 0.29) is 12.8 Å². The standard InChI is InChI=1S/C10H16N2O/c1-9(11-7-8-13)12-10-5-3-2-4-6-10/h2-6,9,11-13H,7-8H2,1H3. The molecule has 72 valence electrons. The summed E-state index contributed by atoms with van der Waals surface area (Å²) in [7, 11) is 0. The minimum absolute atomic E-state index is 0.167. The summed E-state index contributed by atoms with van der Waals surface area (Å²) >= 11 is 0. The van der Waals surface area contributed by atoms with Crippen LogP contribution < -0.4 is 10.6 Å². The van der Waals surface area contributed by atoms with Crippen LogP contribution in [0.1, 0.15) is 6.92 Å². The first-order chi connectivity index (χ1) is 6.33. The third-order valence-electron chi connectivity index (χ3n) is 1.72. The Bertz CT molecular complexity index is 226. The molecule has 1 unspecified atom stereocenters. The van der Waals surface area contributed by atoms with E-state index in [0.29, 0.717) is 6.54 Å². The number of anilines is 1. The van der Waals surface area contributed by atoms with Crippen LogP contribution in [0, 0.1) is 0 Å². The molecule has 0 aliphatic carbocycles. The summed E-state index contributed by atoms with van der Waals surface area (Å²) in [4.78, 5) is 0. The number of rotatable bonds is 5. The number of aliphatic hydroxyl groups excluding tert-OH is 1. The lowest BCUT2D eigenvalue weighted by molar-refractivity contribution is 0.288. The number of para-hydroxylation sites is 1. The van der Waals surface area contributed by atoms with E-state index in [1.165, 1.54) is 0 Å². The van der Waals surface area contributed by atoms with Crippen LogP contribution in [0.5, 0.6) is 0 Å². The molecule has 0 aliphatic heterocycles. The third-order valence-corrected chi connectivity index (χ3v) is 1.72. The largest absolute Gasteiger partial charge is 0.395 e. The molecule has 0 radical (unpaired) electrons. The van der Waals surface area contributed by atoms with Gasteiger partial charge in [-0.25, -0.2) is 0 Å². The van der Waals surface area contributed by atoms with Crippen molar-refractivity contribution in [3.8, 4) is 0 Å². The van der Waals surface area contributed by atoms with Gasteiger partial charge in [-0.05, 0) is 19.1 Å². The van der Waals surface area contributed by atoms with Gasteiger partial charge in [0.25, 0.3) is 0 Å². The van der Waals surface area contributed by atoms with Gasteiger partial charge in [0, 0.05) is 12.2 Å². The Morgan fingerprint density at radius 2 is 2.00 bits per heavy atom. The van der Waals surface area contributed by atoms with E-state index in [0.717, 1.165) is 5.69 Å². The summed E-state index contributed by atoms with van der Waals surface area (Å²) in [5.41, 5.74) is 1.08. The van der Waals surface area contributed by atoms with Gasteiger partial charge in [-0.1, -0.05) is 18.2 Å². The molecule has 0 amide bonds. The second-order valence-electron chi connectivity index (χ2n) is 2.91. The first kappa shape index (κ1) is 10.0. The molecule has 0 heterocycles. The normalized spacial score (nSPS) is 12.5. The first-order valence-corrected chi connectivity index (χ1v) is 4.49. The second-order valence-corrected chi connectivity index (χ2v) is 2.91. The van der Waals surface area contributed by atoms with Gasteiger partial charge in [-0.2, -0.15) is 0 Å². The van der Waals surface area contributed by atoms with Crippen LogP contribution in [0.2, 0.25) is 0 Å². The van der Waals surface area contributed by atoms with Crippen molar-refractivity contribution in [2.75, 3.05) is 18.5 Å². The molecule has 0 bridgehead atoms. The molecule has 0 aromatic heterocycles. The lowest BCUT2D eigenvalue weighted by atomic mass is 10.3. The van der Waals surface area contributed by atoms with Crippen molar-refractivity contribution in [1.82, 2.24) is 5.32 Å². The highest BCUT2D eigenvalue weighted by Gasteiger charge is 1.98. The van der Waals surface area contributed by atoms with Crippen molar-refractivity contribution in [3.05, 3.63) is 30.3 Å². The van der Waals surface area contributed by atoms with Gasteiger partial charge in [0.15, 0.2) is 0 Å². The predicted molar refractivity (Wildman–Crippen MR) is 54.6 cm³/mol. The van der Waals surface area contributed by atoms with Crippen LogP contribution in [0.4, 0.5) is 5.69 Å². The quantitative estimate of drug-likeness (QED) is 0.593. The van der Waals surface area contributed by atoms with Gasteiger partial charge in [0.2, 0.25) is 0 Å². The van der Waals surface area contributed by atoms with Crippen molar-refractivity contribution in [2.24, 2.45) is 0 Å². The van der Waals surface area contributed by atoms with Gasteiger partial charge in [0.05, 0.1) is 12.8 Å². The van der Waals surface area contributed by atoms with E-state index < -0.39 is 0 Å². The fourth-order valence-electron chi connectivity index (χ4n) is 1.12. The molecule has 1 aromatic rings. The Kier molecular flexibility index (Phi) is 4.29. The average molecular weight is 180 g/mol. The lowest BCUT2D eigenvalue weighted by Crippen LogP contribution is -2.35. The zero-order chi connectivity index (χ0) is 9.52. The number of hydrogen-bond donors (Lipinski definition) is 3.